The van der Waals surface area contributed by atoms with Crippen LogP contribution in [0.2, 0.25) is 19.6 Å². The van der Waals surface area contributed by atoms with E-state index in [1.165, 1.54) is 12.8 Å². The molecule has 0 spiro atoms. The first-order valence-electron chi connectivity index (χ1n) is 6.38. The molecule has 2 unspecified atom stereocenters. The zero-order chi connectivity index (χ0) is 12.0. The van der Waals surface area contributed by atoms with Gasteiger partial charge in [0.15, 0.2) is 14.6 Å². The van der Waals surface area contributed by atoms with Gasteiger partial charge in [-0.3, -0.25) is 0 Å². The second kappa shape index (κ2) is 6.74. The molecule has 0 radical (unpaired) electrons. The van der Waals surface area contributed by atoms with Gasteiger partial charge in [0, 0.05) is 13.2 Å². The molecule has 0 aromatic rings. The van der Waals surface area contributed by atoms with Crippen LogP contribution in [0.5, 0.6) is 0 Å². The third-order valence-electron chi connectivity index (χ3n) is 2.58. The summed E-state index contributed by atoms with van der Waals surface area (Å²) in [4.78, 5) is 0. The van der Waals surface area contributed by atoms with Crippen molar-refractivity contribution in [1.82, 2.24) is 0 Å². The van der Waals surface area contributed by atoms with Crippen molar-refractivity contribution >= 4 is 8.32 Å². The largest absolute Gasteiger partial charge is 0.418 e. The van der Waals surface area contributed by atoms with E-state index in [0.29, 0.717) is 0 Å². The summed E-state index contributed by atoms with van der Waals surface area (Å²) in [6.07, 6.45) is 4.66. The Bertz CT molecular complexity index is 185. The normalized spacial score (nSPS) is 24.4. The lowest BCUT2D eigenvalue weighted by molar-refractivity contribution is -0.186. The molecule has 0 aromatic heterocycles. The van der Waals surface area contributed by atoms with E-state index in [1.807, 2.05) is 0 Å². The molecule has 0 amide bonds. The maximum atomic E-state index is 5.82. The Morgan fingerprint density at radius 1 is 1.31 bits per heavy atom. The molecular weight excluding hydrogens is 220 g/mol. The van der Waals surface area contributed by atoms with Crippen LogP contribution in [0.15, 0.2) is 0 Å². The maximum absolute atomic E-state index is 5.82. The molecule has 0 aliphatic carbocycles. The van der Waals surface area contributed by atoms with E-state index >= 15 is 0 Å². The minimum Gasteiger partial charge on any atom is -0.418 e. The molecule has 1 saturated heterocycles. The van der Waals surface area contributed by atoms with Crippen LogP contribution in [0.4, 0.5) is 0 Å². The summed E-state index contributed by atoms with van der Waals surface area (Å²) >= 11 is 0. The highest BCUT2D eigenvalue weighted by Crippen LogP contribution is 2.16. The van der Waals surface area contributed by atoms with Crippen molar-refractivity contribution in [2.45, 2.75) is 64.6 Å². The van der Waals surface area contributed by atoms with Crippen molar-refractivity contribution in [3.05, 3.63) is 0 Å². The van der Waals surface area contributed by atoms with Crippen molar-refractivity contribution in [2.75, 3.05) is 13.2 Å². The topological polar surface area (TPSA) is 27.7 Å². The van der Waals surface area contributed by atoms with Gasteiger partial charge in [0.2, 0.25) is 0 Å². The number of ether oxygens (including phenoxy) is 2. The molecule has 1 aliphatic rings. The molecule has 2 atom stereocenters. The minimum absolute atomic E-state index is 0.0237. The third-order valence-corrected chi connectivity index (χ3v) is 3.65. The van der Waals surface area contributed by atoms with Crippen LogP contribution in [-0.4, -0.2) is 33.9 Å². The molecule has 1 rings (SSSR count). The Morgan fingerprint density at radius 3 is 2.62 bits per heavy atom. The van der Waals surface area contributed by atoms with Crippen molar-refractivity contribution in [1.29, 1.82) is 0 Å². The van der Waals surface area contributed by atoms with E-state index < -0.39 is 8.32 Å². The van der Waals surface area contributed by atoms with Gasteiger partial charge in [-0.15, -0.1) is 0 Å². The Morgan fingerprint density at radius 2 is 2.06 bits per heavy atom. The highest BCUT2D eigenvalue weighted by atomic mass is 28.4. The fourth-order valence-corrected chi connectivity index (χ4v) is 2.41. The van der Waals surface area contributed by atoms with Gasteiger partial charge in [0.05, 0.1) is 6.10 Å². The molecule has 96 valence electrons. The summed E-state index contributed by atoms with van der Waals surface area (Å²) in [5, 5.41) is 0. The van der Waals surface area contributed by atoms with Gasteiger partial charge >= 0.3 is 0 Å². The first kappa shape index (κ1) is 14.2. The van der Waals surface area contributed by atoms with E-state index in [2.05, 4.69) is 26.6 Å². The van der Waals surface area contributed by atoms with E-state index in [4.69, 9.17) is 13.9 Å². The van der Waals surface area contributed by atoms with Crippen molar-refractivity contribution in [3.8, 4) is 0 Å². The Kier molecular flexibility index (Phi) is 5.96. The number of hydrogen-bond donors (Lipinski definition) is 0. The van der Waals surface area contributed by atoms with E-state index in [1.54, 1.807) is 0 Å². The zero-order valence-corrected chi connectivity index (χ0v) is 12.1. The minimum atomic E-state index is -1.36. The van der Waals surface area contributed by atoms with E-state index in [9.17, 15) is 0 Å². The summed E-state index contributed by atoms with van der Waals surface area (Å²) in [6, 6.07) is 0. The lowest BCUT2D eigenvalue weighted by Crippen LogP contribution is -2.30. The molecule has 3 nitrogen and oxygen atoms in total. The summed E-state index contributed by atoms with van der Waals surface area (Å²) in [6.45, 7) is 10.4. The van der Waals surface area contributed by atoms with Crippen LogP contribution in [0.3, 0.4) is 0 Å². The van der Waals surface area contributed by atoms with Crippen LogP contribution in [0.1, 0.15) is 32.6 Å². The molecule has 0 N–H and O–H groups in total. The van der Waals surface area contributed by atoms with Crippen LogP contribution < -0.4 is 0 Å². The monoisotopic (exact) mass is 246 g/mol. The first-order valence-corrected chi connectivity index (χ1v) is 9.79. The standard InChI is InChI=1S/C12H26O3Si/c1-11(8-10-14-16(2,3)4)15-12-7-5-6-9-13-12/h11-12H,5-10H2,1-4H3. The van der Waals surface area contributed by atoms with Crippen LogP contribution in [0, 0.1) is 0 Å². The third kappa shape index (κ3) is 6.63. The van der Waals surface area contributed by atoms with E-state index in [-0.39, 0.29) is 12.4 Å². The van der Waals surface area contributed by atoms with Crippen molar-refractivity contribution in [3.63, 3.8) is 0 Å². The summed E-state index contributed by atoms with van der Waals surface area (Å²) in [5.74, 6) is 0. The van der Waals surface area contributed by atoms with Gasteiger partial charge in [-0.2, -0.15) is 0 Å². The molecule has 4 heteroatoms. The molecule has 0 bridgehead atoms. The average Bonchev–Trinajstić information content (AvgIpc) is 2.17. The fraction of sp³-hybridized carbons (Fsp3) is 1.00. The Hall–Kier alpha value is 0.0969. The molecule has 0 aromatic carbocycles. The van der Waals surface area contributed by atoms with Gasteiger partial charge < -0.3 is 13.9 Å². The quantitative estimate of drug-likeness (QED) is 0.674. The molecule has 1 aliphatic heterocycles. The van der Waals surface area contributed by atoms with E-state index in [0.717, 1.165) is 26.1 Å². The van der Waals surface area contributed by atoms with Crippen molar-refractivity contribution in [2.24, 2.45) is 0 Å². The lowest BCUT2D eigenvalue weighted by Gasteiger charge is -2.26. The summed E-state index contributed by atoms with van der Waals surface area (Å²) in [5.41, 5.74) is 0. The molecule has 16 heavy (non-hydrogen) atoms. The number of rotatable bonds is 6. The van der Waals surface area contributed by atoms with Gasteiger partial charge in [-0.05, 0) is 52.2 Å². The van der Waals surface area contributed by atoms with Crippen molar-refractivity contribution < 1.29 is 13.9 Å². The SMILES string of the molecule is CC(CCO[Si](C)(C)C)OC1CCCCO1. The van der Waals surface area contributed by atoms with Crippen LogP contribution in [-0.2, 0) is 13.9 Å². The maximum Gasteiger partial charge on any atom is 0.183 e. The highest BCUT2D eigenvalue weighted by Gasteiger charge is 2.18. The predicted molar refractivity (Wildman–Crippen MR) is 68.1 cm³/mol. The number of hydrogen-bond acceptors (Lipinski definition) is 3. The fourth-order valence-electron chi connectivity index (χ4n) is 1.68. The Balaban J connectivity index is 2.08. The highest BCUT2D eigenvalue weighted by molar-refractivity contribution is 6.69. The smallest absolute Gasteiger partial charge is 0.183 e. The molecule has 0 saturated carbocycles. The van der Waals surface area contributed by atoms with Gasteiger partial charge in [-0.1, -0.05) is 0 Å². The van der Waals surface area contributed by atoms with Gasteiger partial charge in [0.25, 0.3) is 0 Å². The first-order chi connectivity index (χ1) is 7.47. The van der Waals surface area contributed by atoms with Crippen LogP contribution in [0.25, 0.3) is 0 Å². The Labute approximate surface area is 101 Å². The zero-order valence-electron chi connectivity index (χ0n) is 11.1. The summed E-state index contributed by atoms with van der Waals surface area (Å²) in [7, 11) is -1.36. The molecule has 1 fully saturated rings. The van der Waals surface area contributed by atoms with Gasteiger partial charge in [0.1, 0.15) is 0 Å². The average molecular weight is 246 g/mol. The predicted octanol–water partition coefficient (Wildman–Crippen LogP) is 3.16. The molecule has 1 heterocycles. The van der Waals surface area contributed by atoms with Crippen LogP contribution >= 0.6 is 0 Å². The molecular formula is C12H26O3Si. The summed E-state index contributed by atoms with van der Waals surface area (Å²) < 4.78 is 17.2. The second-order valence-corrected chi connectivity index (χ2v) is 10.0. The second-order valence-electron chi connectivity index (χ2n) is 5.49. The van der Waals surface area contributed by atoms with Gasteiger partial charge in [-0.25, -0.2) is 0 Å². The lowest BCUT2D eigenvalue weighted by atomic mass is 10.2.